The Balaban J connectivity index is 2.78. The quantitative estimate of drug-likeness (QED) is 0.715. The van der Waals surface area contributed by atoms with Crippen LogP contribution in [0.15, 0.2) is 9.39 Å². The third-order valence-corrected chi connectivity index (χ3v) is 3.15. The fraction of sp³-hybridized carbons (Fsp3) is 0.400. The molecule has 4 heteroatoms. The van der Waals surface area contributed by atoms with Gasteiger partial charge in [-0.1, -0.05) is 0 Å². The number of rotatable bonds is 1. The zero-order valence-electron chi connectivity index (χ0n) is 4.56. The smallest absolute Gasteiger partial charge is 0.333 e. The second-order valence-corrected chi connectivity index (χ2v) is 4.08. The summed E-state index contributed by atoms with van der Waals surface area (Å²) >= 11 is 4.72. The van der Waals surface area contributed by atoms with Crippen molar-refractivity contribution in [1.82, 2.24) is 0 Å². The summed E-state index contributed by atoms with van der Waals surface area (Å²) in [5.74, 6) is 0.0919. The van der Waals surface area contributed by atoms with Crippen molar-refractivity contribution in [3.05, 3.63) is 9.39 Å². The van der Waals surface area contributed by atoms with Crippen LogP contribution in [-0.4, -0.2) is 16.8 Å². The summed E-state index contributed by atoms with van der Waals surface area (Å²) in [5, 5.41) is 8.48. The van der Waals surface area contributed by atoms with E-state index in [1.165, 1.54) is 0 Å². The number of hydrogen-bond donors (Lipinski definition) is 1. The molecule has 1 aliphatic heterocycles. The molecular weight excluding hydrogens is 204 g/mol. The lowest BCUT2D eigenvalue weighted by Gasteiger charge is -1.89. The SMILES string of the molecule is O=C(O)C1=C(Br)SCC1. The van der Waals surface area contributed by atoms with Crippen molar-refractivity contribution in [2.45, 2.75) is 6.42 Å². The summed E-state index contributed by atoms with van der Waals surface area (Å²) in [6, 6.07) is 0. The van der Waals surface area contributed by atoms with E-state index in [9.17, 15) is 4.79 Å². The zero-order valence-corrected chi connectivity index (χ0v) is 6.96. The molecule has 1 heterocycles. The number of thioether (sulfide) groups is 1. The second kappa shape index (κ2) is 2.75. The Labute approximate surface area is 65.4 Å². The molecule has 0 spiro atoms. The molecule has 0 saturated heterocycles. The molecule has 0 aliphatic carbocycles. The van der Waals surface area contributed by atoms with Gasteiger partial charge in [-0.05, 0) is 22.4 Å². The lowest BCUT2D eigenvalue weighted by Crippen LogP contribution is -1.97. The maximum atomic E-state index is 10.3. The van der Waals surface area contributed by atoms with Crippen LogP contribution in [0.5, 0.6) is 0 Å². The van der Waals surface area contributed by atoms with Gasteiger partial charge in [0, 0.05) is 5.75 Å². The largest absolute Gasteiger partial charge is 0.478 e. The maximum absolute atomic E-state index is 10.3. The molecule has 1 aliphatic rings. The lowest BCUT2D eigenvalue weighted by molar-refractivity contribution is -0.132. The van der Waals surface area contributed by atoms with Crippen LogP contribution in [0.3, 0.4) is 0 Å². The molecule has 0 atom stereocenters. The molecule has 0 amide bonds. The van der Waals surface area contributed by atoms with Gasteiger partial charge < -0.3 is 5.11 Å². The predicted molar refractivity (Wildman–Crippen MR) is 40.7 cm³/mol. The molecule has 1 rings (SSSR count). The number of carboxylic acids is 1. The highest BCUT2D eigenvalue weighted by Crippen LogP contribution is 2.35. The molecule has 0 radical (unpaired) electrons. The van der Waals surface area contributed by atoms with Crippen molar-refractivity contribution in [3.63, 3.8) is 0 Å². The van der Waals surface area contributed by atoms with Crippen molar-refractivity contribution in [3.8, 4) is 0 Å². The molecular formula is C5H5BrO2S. The number of carbonyl (C=O) groups is 1. The standard InChI is InChI=1S/C5H5BrO2S/c6-4-3(5(7)8)1-2-9-4/h1-2H2,(H,7,8). The number of halogens is 1. The molecule has 0 saturated carbocycles. The van der Waals surface area contributed by atoms with Crippen molar-refractivity contribution in [2.24, 2.45) is 0 Å². The van der Waals surface area contributed by atoms with Gasteiger partial charge in [0.25, 0.3) is 0 Å². The topological polar surface area (TPSA) is 37.3 Å². The van der Waals surface area contributed by atoms with E-state index in [2.05, 4.69) is 15.9 Å². The fourth-order valence-corrected chi connectivity index (χ4v) is 2.32. The highest BCUT2D eigenvalue weighted by atomic mass is 79.9. The molecule has 2 nitrogen and oxygen atoms in total. The van der Waals surface area contributed by atoms with Crippen molar-refractivity contribution >= 4 is 33.7 Å². The zero-order chi connectivity index (χ0) is 6.85. The van der Waals surface area contributed by atoms with E-state index in [1.807, 2.05) is 0 Å². The van der Waals surface area contributed by atoms with E-state index in [0.29, 0.717) is 12.0 Å². The first-order valence-electron chi connectivity index (χ1n) is 2.46. The van der Waals surface area contributed by atoms with Crippen molar-refractivity contribution < 1.29 is 9.90 Å². The maximum Gasteiger partial charge on any atom is 0.333 e. The van der Waals surface area contributed by atoms with Crippen LogP contribution in [0.2, 0.25) is 0 Å². The molecule has 0 aromatic heterocycles. The Morgan fingerprint density at radius 1 is 1.78 bits per heavy atom. The molecule has 0 bridgehead atoms. The van der Waals surface area contributed by atoms with Gasteiger partial charge in [-0.25, -0.2) is 4.79 Å². The molecule has 0 unspecified atom stereocenters. The van der Waals surface area contributed by atoms with E-state index >= 15 is 0 Å². The average molecular weight is 209 g/mol. The molecule has 0 fully saturated rings. The normalized spacial score (nSPS) is 18.8. The van der Waals surface area contributed by atoms with Crippen LogP contribution in [0.1, 0.15) is 6.42 Å². The van der Waals surface area contributed by atoms with Gasteiger partial charge in [0.05, 0.1) is 9.39 Å². The van der Waals surface area contributed by atoms with Crippen LogP contribution >= 0.6 is 27.7 Å². The third-order valence-electron chi connectivity index (χ3n) is 1.08. The predicted octanol–water partition coefficient (Wildman–Crippen LogP) is 1.81. The third kappa shape index (κ3) is 1.49. The summed E-state index contributed by atoms with van der Waals surface area (Å²) < 4.78 is 0.787. The van der Waals surface area contributed by atoms with E-state index in [-0.39, 0.29) is 0 Å². The van der Waals surface area contributed by atoms with Crippen LogP contribution in [-0.2, 0) is 4.79 Å². The molecule has 1 N–H and O–H groups in total. The van der Waals surface area contributed by atoms with Crippen LogP contribution in [0.25, 0.3) is 0 Å². The van der Waals surface area contributed by atoms with Crippen LogP contribution in [0.4, 0.5) is 0 Å². The highest BCUT2D eigenvalue weighted by Gasteiger charge is 2.18. The first-order chi connectivity index (χ1) is 4.22. The van der Waals surface area contributed by atoms with Gasteiger partial charge in [-0.2, -0.15) is 0 Å². The van der Waals surface area contributed by atoms with Crippen LogP contribution < -0.4 is 0 Å². The minimum absolute atomic E-state index is 0.514. The monoisotopic (exact) mass is 208 g/mol. The van der Waals surface area contributed by atoms with E-state index < -0.39 is 5.97 Å². The number of aliphatic carboxylic acids is 1. The summed E-state index contributed by atoms with van der Waals surface area (Å²) in [6.45, 7) is 0. The Morgan fingerprint density at radius 3 is 2.67 bits per heavy atom. The number of hydrogen-bond acceptors (Lipinski definition) is 2. The van der Waals surface area contributed by atoms with Gasteiger partial charge in [0.1, 0.15) is 0 Å². The van der Waals surface area contributed by atoms with Crippen molar-refractivity contribution in [1.29, 1.82) is 0 Å². The van der Waals surface area contributed by atoms with Gasteiger partial charge in [0.15, 0.2) is 0 Å². The summed E-state index contributed by atoms with van der Waals surface area (Å²) in [4.78, 5) is 10.3. The van der Waals surface area contributed by atoms with Gasteiger partial charge in [-0.3, -0.25) is 0 Å². The Kier molecular flexibility index (Phi) is 2.18. The number of carboxylic acid groups (broad SMARTS) is 1. The fourth-order valence-electron chi connectivity index (χ4n) is 0.619. The molecule has 50 valence electrons. The Morgan fingerprint density at radius 2 is 2.44 bits per heavy atom. The Hall–Kier alpha value is 0.0400. The van der Waals surface area contributed by atoms with Gasteiger partial charge >= 0.3 is 5.97 Å². The van der Waals surface area contributed by atoms with E-state index in [1.54, 1.807) is 11.8 Å². The Bertz CT molecular complexity index is 176. The van der Waals surface area contributed by atoms with Crippen molar-refractivity contribution in [2.75, 3.05) is 5.75 Å². The minimum atomic E-state index is -0.799. The van der Waals surface area contributed by atoms with Crippen LogP contribution in [0, 0.1) is 0 Å². The average Bonchev–Trinajstić information content (AvgIpc) is 2.13. The lowest BCUT2D eigenvalue weighted by atomic mass is 10.2. The first-order valence-corrected chi connectivity index (χ1v) is 4.24. The molecule has 0 aromatic carbocycles. The second-order valence-electron chi connectivity index (χ2n) is 1.66. The van der Waals surface area contributed by atoms with E-state index in [4.69, 9.17) is 5.11 Å². The first kappa shape index (κ1) is 7.15. The van der Waals surface area contributed by atoms with Gasteiger partial charge in [-0.15, -0.1) is 11.8 Å². The van der Waals surface area contributed by atoms with Gasteiger partial charge in [0.2, 0.25) is 0 Å². The molecule has 0 aromatic rings. The highest BCUT2D eigenvalue weighted by molar-refractivity contribution is 9.14. The molecule has 9 heavy (non-hydrogen) atoms. The van der Waals surface area contributed by atoms with E-state index in [0.717, 1.165) is 9.57 Å². The minimum Gasteiger partial charge on any atom is -0.478 e. The summed E-state index contributed by atoms with van der Waals surface area (Å²) in [7, 11) is 0. The summed E-state index contributed by atoms with van der Waals surface area (Å²) in [5.41, 5.74) is 0.514. The summed E-state index contributed by atoms with van der Waals surface area (Å²) in [6.07, 6.45) is 0.681.